The van der Waals surface area contributed by atoms with Crippen molar-refractivity contribution in [3.05, 3.63) is 23.8 Å². The van der Waals surface area contributed by atoms with E-state index in [9.17, 15) is 17.2 Å². The molecule has 1 aliphatic carbocycles. The number of hydrogen-bond donors (Lipinski definition) is 1. The molecule has 0 aromatic heterocycles. The van der Waals surface area contributed by atoms with Gasteiger partial charge in [-0.05, 0) is 30.9 Å². The fraction of sp³-hybridized carbons (Fsp3) is 0.571. The zero-order chi connectivity index (χ0) is 15.8. The van der Waals surface area contributed by atoms with Crippen LogP contribution in [0.5, 0.6) is 0 Å². The van der Waals surface area contributed by atoms with Crippen LogP contribution >= 0.6 is 0 Å². The van der Waals surface area contributed by atoms with Gasteiger partial charge in [0, 0.05) is 18.8 Å². The molecule has 0 saturated heterocycles. The number of nitrogen functional groups attached to an aromatic ring is 1. The third-order valence-corrected chi connectivity index (χ3v) is 6.13. The van der Waals surface area contributed by atoms with E-state index < -0.39 is 26.6 Å². The number of rotatable bonds is 3. The molecule has 0 amide bonds. The molecule has 1 saturated carbocycles. The molecule has 0 spiro atoms. The van der Waals surface area contributed by atoms with E-state index in [2.05, 4.69) is 0 Å². The van der Waals surface area contributed by atoms with E-state index in [0.717, 1.165) is 35.7 Å². The fourth-order valence-electron chi connectivity index (χ4n) is 2.99. The highest BCUT2D eigenvalue weighted by atomic mass is 32.2. The molecule has 2 unspecified atom stereocenters. The standard InChI is InChI=1S/C14H20F2N2O2S/c1-9-5-3-4-6-13(9)18(2)21(19,20)14-11(15)7-10(17)8-12(14)16/h7-9,13H,3-6,17H2,1-2H3. The Balaban J connectivity index is 2.42. The Labute approximate surface area is 124 Å². The summed E-state index contributed by atoms with van der Waals surface area (Å²) in [6.07, 6.45) is 3.59. The Kier molecular flexibility index (Phi) is 4.53. The molecule has 118 valence electrons. The number of halogens is 2. The molecule has 2 atom stereocenters. The smallest absolute Gasteiger partial charge is 0.248 e. The van der Waals surface area contributed by atoms with Crippen LogP contribution in [0.2, 0.25) is 0 Å². The van der Waals surface area contributed by atoms with Gasteiger partial charge in [0.05, 0.1) is 0 Å². The molecular formula is C14H20F2N2O2S. The van der Waals surface area contributed by atoms with E-state index in [0.29, 0.717) is 6.42 Å². The first-order chi connectivity index (χ1) is 9.75. The summed E-state index contributed by atoms with van der Waals surface area (Å²) in [5.74, 6) is -2.14. The number of nitrogens with two attached hydrogens (primary N) is 1. The van der Waals surface area contributed by atoms with Crippen LogP contribution in [0.25, 0.3) is 0 Å². The highest BCUT2D eigenvalue weighted by molar-refractivity contribution is 7.89. The topological polar surface area (TPSA) is 63.4 Å². The van der Waals surface area contributed by atoms with Gasteiger partial charge in [-0.1, -0.05) is 19.8 Å². The summed E-state index contributed by atoms with van der Waals surface area (Å²) in [6, 6.07) is 1.42. The second-order valence-corrected chi connectivity index (χ2v) is 7.60. The SMILES string of the molecule is CC1CCCCC1N(C)S(=O)(=O)c1c(F)cc(N)cc1F. The molecule has 0 bridgehead atoms. The largest absolute Gasteiger partial charge is 0.399 e. The van der Waals surface area contributed by atoms with Crippen LogP contribution in [0.3, 0.4) is 0 Å². The highest BCUT2D eigenvalue weighted by Crippen LogP contribution is 2.32. The van der Waals surface area contributed by atoms with E-state index in [1.165, 1.54) is 7.05 Å². The summed E-state index contributed by atoms with van der Waals surface area (Å²) in [5.41, 5.74) is 5.18. The molecule has 1 aliphatic rings. The van der Waals surface area contributed by atoms with Gasteiger partial charge in [0.25, 0.3) is 0 Å². The van der Waals surface area contributed by atoms with Gasteiger partial charge >= 0.3 is 0 Å². The predicted octanol–water partition coefficient (Wildman–Crippen LogP) is 2.75. The van der Waals surface area contributed by atoms with Crippen LogP contribution in [0.15, 0.2) is 17.0 Å². The Morgan fingerprint density at radius 2 is 1.71 bits per heavy atom. The summed E-state index contributed by atoms with van der Waals surface area (Å²) in [6.45, 7) is 1.96. The van der Waals surface area contributed by atoms with Crippen molar-refractivity contribution in [2.45, 2.75) is 43.5 Å². The lowest BCUT2D eigenvalue weighted by Gasteiger charge is -2.35. The molecule has 2 rings (SSSR count). The zero-order valence-corrected chi connectivity index (χ0v) is 13.0. The van der Waals surface area contributed by atoms with Gasteiger partial charge in [-0.2, -0.15) is 4.31 Å². The third-order valence-electron chi connectivity index (χ3n) is 4.19. The highest BCUT2D eigenvalue weighted by Gasteiger charge is 2.36. The van der Waals surface area contributed by atoms with E-state index in [1.807, 2.05) is 6.92 Å². The average molecular weight is 318 g/mol. The summed E-state index contributed by atoms with van der Waals surface area (Å²) in [7, 11) is -2.84. The maximum absolute atomic E-state index is 13.9. The van der Waals surface area contributed by atoms with Gasteiger partial charge < -0.3 is 5.73 Å². The van der Waals surface area contributed by atoms with E-state index >= 15 is 0 Å². The van der Waals surface area contributed by atoms with E-state index in [-0.39, 0.29) is 17.6 Å². The lowest BCUT2D eigenvalue weighted by atomic mass is 9.86. The van der Waals surface area contributed by atoms with Gasteiger partial charge in [-0.3, -0.25) is 0 Å². The van der Waals surface area contributed by atoms with Crippen molar-refractivity contribution < 1.29 is 17.2 Å². The molecule has 1 aromatic carbocycles. The molecule has 4 nitrogen and oxygen atoms in total. The molecule has 0 aliphatic heterocycles. The zero-order valence-electron chi connectivity index (χ0n) is 12.1. The minimum Gasteiger partial charge on any atom is -0.399 e. The molecule has 7 heteroatoms. The summed E-state index contributed by atoms with van der Waals surface area (Å²) >= 11 is 0. The Bertz CT molecular complexity index is 611. The molecular weight excluding hydrogens is 298 g/mol. The number of nitrogens with zero attached hydrogens (tertiary/aromatic N) is 1. The molecule has 2 N–H and O–H groups in total. The molecule has 1 aromatic rings. The Morgan fingerprint density at radius 3 is 2.24 bits per heavy atom. The Hall–Kier alpha value is -1.21. The van der Waals surface area contributed by atoms with Crippen molar-refractivity contribution >= 4 is 15.7 Å². The van der Waals surface area contributed by atoms with Gasteiger partial charge in [-0.25, -0.2) is 17.2 Å². The van der Waals surface area contributed by atoms with Gasteiger partial charge in [0.1, 0.15) is 11.6 Å². The lowest BCUT2D eigenvalue weighted by Crippen LogP contribution is -2.43. The lowest BCUT2D eigenvalue weighted by molar-refractivity contribution is 0.212. The number of benzene rings is 1. The van der Waals surface area contributed by atoms with Crippen molar-refractivity contribution in [2.75, 3.05) is 12.8 Å². The molecule has 0 heterocycles. The monoisotopic (exact) mass is 318 g/mol. The van der Waals surface area contributed by atoms with Gasteiger partial charge in [-0.15, -0.1) is 0 Å². The summed E-state index contributed by atoms with van der Waals surface area (Å²) < 4.78 is 54.0. The second kappa shape index (κ2) is 5.88. The van der Waals surface area contributed by atoms with Crippen molar-refractivity contribution in [2.24, 2.45) is 5.92 Å². The normalized spacial score (nSPS) is 23.5. The molecule has 21 heavy (non-hydrogen) atoms. The summed E-state index contributed by atoms with van der Waals surface area (Å²) in [5, 5.41) is 0. The second-order valence-electron chi connectivity index (χ2n) is 5.66. The predicted molar refractivity (Wildman–Crippen MR) is 77.1 cm³/mol. The number of anilines is 1. The van der Waals surface area contributed by atoms with Crippen molar-refractivity contribution in [1.82, 2.24) is 4.31 Å². The van der Waals surface area contributed by atoms with Crippen LogP contribution in [0.1, 0.15) is 32.6 Å². The average Bonchev–Trinajstić information content (AvgIpc) is 2.36. The first-order valence-corrected chi connectivity index (χ1v) is 8.41. The van der Waals surface area contributed by atoms with Crippen molar-refractivity contribution in [3.63, 3.8) is 0 Å². The van der Waals surface area contributed by atoms with Crippen LogP contribution in [-0.2, 0) is 10.0 Å². The van der Waals surface area contributed by atoms with Crippen LogP contribution in [0.4, 0.5) is 14.5 Å². The Morgan fingerprint density at radius 1 is 1.19 bits per heavy atom. The van der Waals surface area contributed by atoms with Crippen LogP contribution < -0.4 is 5.73 Å². The number of hydrogen-bond acceptors (Lipinski definition) is 3. The molecule has 1 fully saturated rings. The van der Waals surface area contributed by atoms with Crippen molar-refractivity contribution in [3.8, 4) is 0 Å². The van der Waals surface area contributed by atoms with Crippen molar-refractivity contribution in [1.29, 1.82) is 0 Å². The third kappa shape index (κ3) is 3.03. The van der Waals surface area contributed by atoms with E-state index in [1.54, 1.807) is 0 Å². The number of sulfonamides is 1. The quantitative estimate of drug-likeness (QED) is 0.872. The maximum Gasteiger partial charge on any atom is 0.248 e. The minimum absolute atomic E-state index is 0.141. The van der Waals surface area contributed by atoms with Crippen LogP contribution in [-0.4, -0.2) is 25.8 Å². The molecule has 0 radical (unpaired) electrons. The van der Waals surface area contributed by atoms with Gasteiger partial charge in [0.2, 0.25) is 10.0 Å². The summed E-state index contributed by atoms with van der Waals surface area (Å²) in [4.78, 5) is -0.919. The minimum atomic E-state index is -4.22. The first-order valence-electron chi connectivity index (χ1n) is 6.97. The van der Waals surface area contributed by atoms with Gasteiger partial charge in [0.15, 0.2) is 4.90 Å². The van der Waals surface area contributed by atoms with E-state index in [4.69, 9.17) is 5.73 Å². The maximum atomic E-state index is 13.9. The first kappa shape index (κ1) is 16.2. The van der Waals surface area contributed by atoms with Crippen LogP contribution in [0, 0.1) is 17.6 Å². The fourth-order valence-corrected chi connectivity index (χ4v) is 4.55.